The van der Waals surface area contributed by atoms with E-state index < -0.39 is 0 Å². The van der Waals surface area contributed by atoms with E-state index in [-0.39, 0.29) is 11.7 Å². The van der Waals surface area contributed by atoms with Gasteiger partial charge in [0.15, 0.2) is 11.0 Å². The second-order valence-electron chi connectivity index (χ2n) is 7.12. The Kier molecular flexibility index (Phi) is 7.64. The molecule has 1 aromatic carbocycles. The van der Waals surface area contributed by atoms with Gasteiger partial charge in [0.2, 0.25) is 5.91 Å². The zero-order valence-corrected chi connectivity index (χ0v) is 19.5. The first-order chi connectivity index (χ1) is 16.1. The number of thioether (sulfide) groups is 1. The van der Waals surface area contributed by atoms with E-state index in [9.17, 15) is 4.79 Å². The summed E-state index contributed by atoms with van der Waals surface area (Å²) in [5, 5.41) is 9.93. The second kappa shape index (κ2) is 11.0. The van der Waals surface area contributed by atoms with Crippen LogP contribution in [0.1, 0.15) is 5.76 Å². The summed E-state index contributed by atoms with van der Waals surface area (Å²) in [7, 11) is 1.75. The monoisotopic (exact) mass is 483 g/mol. The van der Waals surface area contributed by atoms with Gasteiger partial charge in [-0.05, 0) is 48.5 Å². The molecule has 8 nitrogen and oxygen atoms in total. The van der Waals surface area contributed by atoms with E-state index in [1.165, 1.54) is 11.8 Å². The number of carbonyl (C=O) groups excluding carboxylic acids is 1. The average Bonchev–Trinajstić information content (AvgIpc) is 3.49. The number of aromatic nitrogens is 4. The number of rotatable bonds is 10. The van der Waals surface area contributed by atoms with Crippen LogP contribution in [0.2, 0.25) is 5.02 Å². The maximum atomic E-state index is 12.7. The molecule has 0 atom stereocenters. The van der Waals surface area contributed by atoms with E-state index in [0.29, 0.717) is 41.4 Å². The molecule has 10 heteroatoms. The van der Waals surface area contributed by atoms with Gasteiger partial charge < -0.3 is 14.1 Å². The predicted molar refractivity (Wildman–Crippen MR) is 126 cm³/mol. The molecule has 0 unspecified atom stereocenters. The molecular formula is C23H22ClN5O3S. The number of hydrogen-bond acceptors (Lipinski definition) is 7. The third-order valence-electron chi connectivity index (χ3n) is 4.79. The maximum absolute atomic E-state index is 12.7. The van der Waals surface area contributed by atoms with Gasteiger partial charge >= 0.3 is 0 Å². The highest BCUT2D eigenvalue weighted by Crippen LogP contribution is 2.25. The average molecular weight is 484 g/mol. The van der Waals surface area contributed by atoms with Gasteiger partial charge in [0.05, 0.1) is 25.1 Å². The molecule has 0 fully saturated rings. The van der Waals surface area contributed by atoms with Crippen molar-refractivity contribution in [3.05, 3.63) is 78.0 Å². The van der Waals surface area contributed by atoms with Gasteiger partial charge in [0.1, 0.15) is 18.1 Å². The zero-order valence-electron chi connectivity index (χ0n) is 17.9. The number of hydrogen-bond donors (Lipinski definition) is 0. The van der Waals surface area contributed by atoms with Crippen LogP contribution in [0.4, 0.5) is 0 Å². The standard InChI is InChI=1S/C23H22ClN5O3S/c1-28(11-13-32-19-8-6-18(24)7-9-19)21(30)16-33-23-27-26-22(17-4-2-10-25-14-17)29(23)15-20-5-3-12-31-20/h2-10,12,14H,11,13,15-16H2,1H3. The van der Waals surface area contributed by atoms with Crippen LogP contribution >= 0.6 is 23.4 Å². The lowest BCUT2D eigenvalue weighted by molar-refractivity contribution is -0.127. The predicted octanol–water partition coefficient (Wildman–Crippen LogP) is 4.26. The summed E-state index contributed by atoms with van der Waals surface area (Å²) in [5.74, 6) is 2.34. The first-order valence-electron chi connectivity index (χ1n) is 10.2. The molecule has 3 heterocycles. The van der Waals surface area contributed by atoms with Gasteiger partial charge in [-0.2, -0.15) is 0 Å². The molecule has 170 valence electrons. The Labute approximate surface area is 200 Å². The van der Waals surface area contributed by atoms with E-state index in [1.54, 1.807) is 54.9 Å². The van der Waals surface area contributed by atoms with Gasteiger partial charge in [0, 0.05) is 30.0 Å². The van der Waals surface area contributed by atoms with Crippen molar-refractivity contribution in [1.82, 2.24) is 24.6 Å². The SMILES string of the molecule is CN(CCOc1ccc(Cl)cc1)C(=O)CSc1nnc(-c2cccnc2)n1Cc1ccco1. The molecule has 0 aliphatic heterocycles. The first kappa shape index (κ1) is 22.9. The summed E-state index contributed by atoms with van der Waals surface area (Å²) in [6.45, 7) is 1.29. The van der Waals surface area contributed by atoms with Gasteiger partial charge in [-0.3, -0.25) is 14.3 Å². The lowest BCUT2D eigenvalue weighted by atomic mass is 10.2. The molecule has 4 aromatic rings. The fourth-order valence-corrected chi connectivity index (χ4v) is 4.00. The van der Waals surface area contributed by atoms with Crippen LogP contribution in [0.5, 0.6) is 5.75 Å². The van der Waals surface area contributed by atoms with Crippen molar-refractivity contribution >= 4 is 29.3 Å². The van der Waals surface area contributed by atoms with Crippen LogP contribution in [0.15, 0.2) is 76.8 Å². The topological polar surface area (TPSA) is 86.3 Å². The number of likely N-dealkylation sites (N-methyl/N-ethyl adjacent to an activating group) is 1. The number of furan rings is 1. The van der Waals surface area contributed by atoms with Crippen molar-refractivity contribution in [1.29, 1.82) is 0 Å². The third-order valence-corrected chi connectivity index (χ3v) is 5.99. The lowest BCUT2D eigenvalue weighted by Gasteiger charge is -2.17. The summed E-state index contributed by atoms with van der Waals surface area (Å²) in [5.41, 5.74) is 0.839. The third kappa shape index (κ3) is 6.15. The Morgan fingerprint density at radius 2 is 2.03 bits per heavy atom. The molecule has 0 radical (unpaired) electrons. The zero-order chi connectivity index (χ0) is 23.0. The molecule has 3 aromatic heterocycles. The van der Waals surface area contributed by atoms with Gasteiger partial charge in [-0.15, -0.1) is 10.2 Å². The normalized spacial score (nSPS) is 10.8. The van der Waals surface area contributed by atoms with Crippen molar-refractivity contribution in [2.45, 2.75) is 11.7 Å². The van der Waals surface area contributed by atoms with E-state index in [0.717, 1.165) is 11.3 Å². The van der Waals surface area contributed by atoms with E-state index in [1.807, 2.05) is 28.8 Å². The summed E-state index contributed by atoms with van der Waals surface area (Å²) in [6, 6.07) is 14.6. The van der Waals surface area contributed by atoms with Crippen molar-refractivity contribution < 1.29 is 13.9 Å². The number of pyridine rings is 1. The van der Waals surface area contributed by atoms with Crippen LogP contribution in [0.25, 0.3) is 11.4 Å². The quantitative estimate of drug-likeness (QED) is 0.311. The minimum Gasteiger partial charge on any atom is -0.492 e. The van der Waals surface area contributed by atoms with Gasteiger partial charge in [-0.25, -0.2) is 0 Å². The summed E-state index contributed by atoms with van der Waals surface area (Å²) in [4.78, 5) is 18.5. The Morgan fingerprint density at radius 3 is 2.76 bits per heavy atom. The smallest absolute Gasteiger partial charge is 0.232 e. The Hall–Kier alpha value is -3.30. The van der Waals surface area contributed by atoms with E-state index in [4.69, 9.17) is 20.8 Å². The summed E-state index contributed by atoms with van der Waals surface area (Å²) in [6.07, 6.45) is 5.06. The number of ether oxygens (including phenoxy) is 1. The van der Waals surface area contributed by atoms with Crippen LogP contribution in [-0.4, -0.2) is 56.5 Å². The molecule has 0 saturated carbocycles. The molecule has 0 aliphatic rings. The number of amides is 1. The highest BCUT2D eigenvalue weighted by Gasteiger charge is 2.18. The first-order valence-corrected chi connectivity index (χ1v) is 11.6. The molecule has 4 rings (SSSR count). The minimum absolute atomic E-state index is 0.0322. The molecule has 1 amide bonds. The van der Waals surface area contributed by atoms with Gasteiger partial charge in [-0.1, -0.05) is 23.4 Å². The Balaban J connectivity index is 1.37. The number of nitrogens with zero attached hydrogens (tertiary/aromatic N) is 5. The molecule has 0 aliphatic carbocycles. The molecule has 33 heavy (non-hydrogen) atoms. The minimum atomic E-state index is -0.0322. The largest absolute Gasteiger partial charge is 0.492 e. The molecule has 0 N–H and O–H groups in total. The second-order valence-corrected chi connectivity index (χ2v) is 8.50. The lowest BCUT2D eigenvalue weighted by Crippen LogP contribution is -2.32. The van der Waals surface area contributed by atoms with Crippen LogP contribution in [0.3, 0.4) is 0 Å². The fraction of sp³-hybridized carbons (Fsp3) is 0.217. The summed E-state index contributed by atoms with van der Waals surface area (Å²) >= 11 is 7.21. The van der Waals surface area contributed by atoms with Crippen LogP contribution in [-0.2, 0) is 11.3 Å². The number of benzene rings is 1. The van der Waals surface area contributed by atoms with E-state index >= 15 is 0 Å². The highest BCUT2D eigenvalue weighted by molar-refractivity contribution is 7.99. The van der Waals surface area contributed by atoms with Crippen molar-refractivity contribution in [3.63, 3.8) is 0 Å². The van der Waals surface area contributed by atoms with Crippen molar-refractivity contribution in [3.8, 4) is 17.1 Å². The maximum Gasteiger partial charge on any atom is 0.232 e. The Morgan fingerprint density at radius 1 is 1.18 bits per heavy atom. The van der Waals surface area contributed by atoms with Crippen molar-refractivity contribution in [2.75, 3.05) is 26.0 Å². The van der Waals surface area contributed by atoms with Gasteiger partial charge in [0.25, 0.3) is 0 Å². The molecule has 0 spiro atoms. The number of halogens is 1. The number of carbonyl (C=O) groups is 1. The molecule has 0 bridgehead atoms. The fourth-order valence-electron chi connectivity index (χ4n) is 3.00. The van der Waals surface area contributed by atoms with Crippen LogP contribution in [0, 0.1) is 0 Å². The molecular weight excluding hydrogens is 462 g/mol. The molecule has 0 saturated heterocycles. The van der Waals surface area contributed by atoms with Crippen molar-refractivity contribution in [2.24, 2.45) is 0 Å². The van der Waals surface area contributed by atoms with Crippen LogP contribution < -0.4 is 4.74 Å². The van der Waals surface area contributed by atoms with E-state index in [2.05, 4.69) is 15.2 Å². The Bertz CT molecular complexity index is 1170. The summed E-state index contributed by atoms with van der Waals surface area (Å²) < 4.78 is 13.1. The highest BCUT2D eigenvalue weighted by atomic mass is 35.5.